The molecule has 0 spiro atoms. The van der Waals surface area contributed by atoms with Crippen molar-refractivity contribution < 1.29 is 24.2 Å². The summed E-state index contributed by atoms with van der Waals surface area (Å²) >= 11 is 3.29. The molecule has 0 saturated carbocycles. The van der Waals surface area contributed by atoms with Crippen molar-refractivity contribution in [3.8, 4) is 11.5 Å². The summed E-state index contributed by atoms with van der Waals surface area (Å²) < 4.78 is 10.6. The topological polar surface area (TPSA) is 88.1 Å². The number of hydrogen-bond acceptors (Lipinski definition) is 5. The van der Waals surface area contributed by atoms with Crippen LogP contribution in [0, 0.1) is 0 Å². The van der Waals surface area contributed by atoms with Gasteiger partial charge in [-0.25, -0.2) is 9.59 Å². The number of benzene rings is 2. The Hall–Kier alpha value is -3.00. The molecule has 2 aromatic carbocycles. The first-order chi connectivity index (χ1) is 14.4. The lowest BCUT2D eigenvalue weighted by molar-refractivity contribution is -0.136. The highest BCUT2D eigenvalue weighted by atomic mass is 79.9. The third-order valence-corrected chi connectivity index (χ3v) is 5.68. The van der Waals surface area contributed by atoms with Crippen molar-refractivity contribution in [1.82, 2.24) is 10.2 Å². The number of rotatable bonds is 6. The molecule has 3 rings (SSSR count). The van der Waals surface area contributed by atoms with Crippen molar-refractivity contribution in [2.45, 2.75) is 19.4 Å². The highest BCUT2D eigenvalue weighted by Gasteiger charge is 2.36. The molecule has 0 bridgehead atoms. The zero-order valence-electron chi connectivity index (χ0n) is 16.9. The Kier molecular flexibility index (Phi) is 6.66. The van der Waals surface area contributed by atoms with Crippen LogP contribution in [-0.4, -0.2) is 42.8 Å². The molecule has 2 amide bonds. The van der Waals surface area contributed by atoms with Crippen LogP contribution in [0.3, 0.4) is 0 Å². The Morgan fingerprint density at radius 2 is 1.93 bits per heavy atom. The number of urea groups is 1. The summed E-state index contributed by atoms with van der Waals surface area (Å²) in [5.41, 5.74) is 2.51. The number of phenolic OH excluding ortho intramolecular Hbond substituents is 1. The van der Waals surface area contributed by atoms with Crippen LogP contribution in [0.1, 0.15) is 24.1 Å². The Morgan fingerprint density at radius 1 is 1.23 bits per heavy atom. The number of phenols is 1. The van der Waals surface area contributed by atoms with Gasteiger partial charge in [-0.3, -0.25) is 4.90 Å². The molecule has 7 nitrogen and oxygen atoms in total. The fourth-order valence-corrected chi connectivity index (χ4v) is 3.94. The zero-order chi connectivity index (χ0) is 21.8. The fraction of sp³-hybridized carbons (Fsp3) is 0.273. The predicted molar refractivity (Wildman–Crippen MR) is 115 cm³/mol. The average Bonchev–Trinajstić information content (AvgIpc) is 2.75. The lowest BCUT2D eigenvalue weighted by Crippen LogP contribution is -2.48. The standard InChI is InChI=1S/C22H23BrN2O5/c1-13-18(21(27)30-3)19(15-11-16(23)20(26)17(12-15)29-2)24-22(28)25(13)10-9-14-7-5-4-6-8-14/h4-8,11-12,19,26H,9-10H2,1-3H3,(H,24,28). The van der Waals surface area contributed by atoms with Gasteiger partial charge in [0, 0.05) is 12.2 Å². The van der Waals surface area contributed by atoms with E-state index in [1.165, 1.54) is 14.2 Å². The lowest BCUT2D eigenvalue weighted by atomic mass is 9.94. The van der Waals surface area contributed by atoms with E-state index in [9.17, 15) is 14.7 Å². The lowest BCUT2D eigenvalue weighted by Gasteiger charge is -2.35. The second kappa shape index (κ2) is 9.21. The molecule has 2 aromatic rings. The van der Waals surface area contributed by atoms with E-state index in [4.69, 9.17) is 9.47 Å². The normalized spacial score (nSPS) is 16.3. The maximum atomic E-state index is 12.9. The number of allylic oxidation sites excluding steroid dienone is 1. The van der Waals surface area contributed by atoms with Gasteiger partial charge < -0.3 is 19.9 Å². The van der Waals surface area contributed by atoms with E-state index in [2.05, 4.69) is 21.2 Å². The van der Waals surface area contributed by atoms with Gasteiger partial charge in [-0.05, 0) is 52.5 Å². The van der Waals surface area contributed by atoms with E-state index in [-0.39, 0.29) is 17.5 Å². The van der Waals surface area contributed by atoms with Gasteiger partial charge in [0.2, 0.25) is 0 Å². The summed E-state index contributed by atoms with van der Waals surface area (Å²) in [7, 11) is 2.73. The Morgan fingerprint density at radius 3 is 2.57 bits per heavy atom. The number of halogens is 1. The van der Waals surface area contributed by atoms with Crippen molar-refractivity contribution >= 4 is 27.9 Å². The molecule has 1 aliphatic heterocycles. The highest BCUT2D eigenvalue weighted by Crippen LogP contribution is 2.40. The molecule has 0 aromatic heterocycles. The van der Waals surface area contributed by atoms with Crippen LogP contribution in [0.4, 0.5) is 4.79 Å². The molecule has 0 aliphatic carbocycles. The molecular weight excluding hydrogens is 452 g/mol. The van der Waals surface area contributed by atoms with Crippen molar-refractivity contribution in [2.75, 3.05) is 20.8 Å². The Balaban J connectivity index is 2.00. The van der Waals surface area contributed by atoms with E-state index in [1.54, 1.807) is 24.0 Å². The van der Waals surface area contributed by atoms with Crippen molar-refractivity contribution in [3.05, 3.63) is 69.3 Å². The van der Waals surface area contributed by atoms with Crippen LogP contribution in [0.2, 0.25) is 0 Å². The highest BCUT2D eigenvalue weighted by molar-refractivity contribution is 9.10. The summed E-state index contributed by atoms with van der Waals surface area (Å²) in [4.78, 5) is 27.1. The number of amides is 2. The number of nitrogens with zero attached hydrogens (tertiary/aromatic N) is 1. The molecule has 30 heavy (non-hydrogen) atoms. The Bertz CT molecular complexity index is 991. The zero-order valence-corrected chi connectivity index (χ0v) is 18.5. The van der Waals surface area contributed by atoms with Crippen molar-refractivity contribution in [2.24, 2.45) is 0 Å². The monoisotopic (exact) mass is 474 g/mol. The number of esters is 1. The number of aromatic hydroxyl groups is 1. The smallest absolute Gasteiger partial charge is 0.337 e. The molecule has 1 unspecified atom stereocenters. The van der Waals surface area contributed by atoms with Crippen LogP contribution in [0.25, 0.3) is 0 Å². The Labute approximate surface area is 183 Å². The van der Waals surface area contributed by atoms with Gasteiger partial charge in [-0.2, -0.15) is 0 Å². The summed E-state index contributed by atoms with van der Waals surface area (Å²) in [6.45, 7) is 2.15. The van der Waals surface area contributed by atoms with E-state index >= 15 is 0 Å². The minimum atomic E-state index is -0.747. The molecule has 1 atom stereocenters. The number of carbonyl (C=O) groups excluding carboxylic acids is 2. The largest absolute Gasteiger partial charge is 0.503 e. The average molecular weight is 475 g/mol. The number of methoxy groups -OCH3 is 2. The number of hydrogen-bond donors (Lipinski definition) is 2. The molecule has 1 heterocycles. The first-order valence-corrected chi connectivity index (χ1v) is 10.1. The molecular formula is C22H23BrN2O5. The van der Waals surface area contributed by atoms with Gasteiger partial charge in [-0.1, -0.05) is 30.3 Å². The third-order valence-electron chi connectivity index (χ3n) is 5.07. The molecule has 0 fully saturated rings. The van der Waals surface area contributed by atoms with E-state index in [1.807, 2.05) is 30.3 Å². The van der Waals surface area contributed by atoms with Crippen molar-refractivity contribution in [1.29, 1.82) is 0 Å². The summed E-state index contributed by atoms with van der Waals surface area (Å²) in [6, 6.07) is 12.0. The molecule has 2 N–H and O–H groups in total. The molecule has 0 radical (unpaired) electrons. The minimum absolute atomic E-state index is 0.0619. The number of carbonyl (C=O) groups is 2. The van der Waals surface area contributed by atoms with E-state index in [0.29, 0.717) is 34.3 Å². The van der Waals surface area contributed by atoms with Gasteiger partial charge in [-0.15, -0.1) is 0 Å². The SMILES string of the molecule is COC(=O)C1=C(C)N(CCc2ccccc2)C(=O)NC1c1cc(Br)c(O)c(OC)c1. The van der Waals surface area contributed by atoms with Crippen LogP contribution < -0.4 is 10.1 Å². The van der Waals surface area contributed by atoms with Gasteiger partial charge in [0.15, 0.2) is 11.5 Å². The van der Waals surface area contributed by atoms with E-state index < -0.39 is 12.0 Å². The predicted octanol–water partition coefficient (Wildman–Crippen LogP) is 3.92. The van der Waals surface area contributed by atoms with Gasteiger partial charge in [0.05, 0.1) is 30.3 Å². The van der Waals surface area contributed by atoms with Crippen LogP contribution in [0.15, 0.2) is 58.2 Å². The van der Waals surface area contributed by atoms with Crippen LogP contribution >= 0.6 is 15.9 Å². The summed E-state index contributed by atoms with van der Waals surface area (Å²) in [6.07, 6.45) is 0.642. The van der Waals surface area contributed by atoms with E-state index in [0.717, 1.165) is 5.56 Å². The van der Waals surface area contributed by atoms with Gasteiger partial charge >= 0.3 is 12.0 Å². The molecule has 0 saturated heterocycles. The van der Waals surface area contributed by atoms with Gasteiger partial charge in [0.25, 0.3) is 0 Å². The second-order valence-electron chi connectivity index (χ2n) is 6.81. The molecule has 158 valence electrons. The van der Waals surface area contributed by atoms with Crippen molar-refractivity contribution in [3.63, 3.8) is 0 Å². The summed E-state index contributed by atoms with van der Waals surface area (Å²) in [5.74, 6) is -0.374. The van der Waals surface area contributed by atoms with Crippen LogP contribution in [-0.2, 0) is 16.0 Å². The maximum absolute atomic E-state index is 12.9. The number of ether oxygens (including phenoxy) is 2. The first-order valence-electron chi connectivity index (χ1n) is 9.34. The third kappa shape index (κ3) is 4.28. The quantitative estimate of drug-likeness (QED) is 0.619. The fourth-order valence-electron chi connectivity index (χ4n) is 3.48. The van der Waals surface area contributed by atoms with Gasteiger partial charge in [0.1, 0.15) is 0 Å². The number of nitrogens with one attached hydrogen (secondary N) is 1. The minimum Gasteiger partial charge on any atom is -0.503 e. The second-order valence-corrected chi connectivity index (χ2v) is 7.67. The maximum Gasteiger partial charge on any atom is 0.337 e. The first kappa shape index (κ1) is 21.7. The van der Waals surface area contributed by atoms with Crippen LogP contribution in [0.5, 0.6) is 11.5 Å². The molecule has 8 heteroatoms. The summed E-state index contributed by atoms with van der Waals surface area (Å²) in [5, 5.41) is 13.0. The molecule has 1 aliphatic rings.